The summed E-state index contributed by atoms with van der Waals surface area (Å²) in [6.45, 7) is 0.217. The smallest absolute Gasteiger partial charge is 0.290 e. The van der Waals surface area contributed by atoms with Gasteiger partial charge in [-0.05, 0) is 12.1 Å². The van der Waals surface area contributed by atoms with E-state index in [0.29, 0.717) is 5.69 Å². The third-order valence-electron chi connectivity index (χ3n) is 2.28. The molecule has 0 fully saturated rings. The molecule has 2 aromatic rings. The maximum atomic E-state index is 11.7. The van der Waals surface area contributed by atoms with Crippen molar-refractivity contribution in [2.75, 3.05) is 5.32 Å². The van der Waals surface area contributed by atoms with Crippen LogP contribution in [0.5, 0.6) is 5.75 Å². The van der Waals surface area contributed by atoms with E-state index in [2.05, 4.69) is 5.32 Å². The second kappa shape index (κ2) is 5.12. The third-order valence-corrected chi connectivity index (χ3v) is 2.28. The number of aromatic nitrogens is 1. The van der Waals surface area contributed by atoms with E-state index in [1.165, 1.54) is 6.07 Å². The number of hydrogen-bond acceptors (Lipinski definition) is 2. The number of phenols is 1. The molecule has 0 saturated carbocycles. The summed E-state index contributed by atoms with van der Waals surface area (Å²) < 4.78 is 1.76. The number of phenolic OH excluding ortho intramolecular Hbond substituents is 1. The quantitative estimate of drug-likeness (QED) is 0.616. The van der Waals surface area contributed by atoms with E-state index in [4.69, 9.17) is 0 Å². The summed E-state index contributed by atoms with van der Waals surface area (Å²) in [6, 6.07) is 12.2. The fraction of sp³-hybridized carbons (Fsp3) is 0.0769. The summed E-state index contributed by atoms with van der Waals surface area (Å²) in [5, 5.41) is 12.2. The lowest BCUT2D eigenvalue weighted by Gasteiger charge is -2.04. The molecule has 0 radical (unpaired) electrons. The fourth-order valence-electron chi connectivity index (χ4n) is 1.47. The van der Waals surface area contributed by atoms with E-state index < -0.39 is 0 Å². The van der Waals surface area contributed by atoms with Crippen LogP contribution >= 0.6 is 0 Å². The third kappa shape index (κ3) is 3.04. The van der Waals surface area contributed by atoms with Gasteiger partial charge in [-0.3, -0.25) is 4.79 Å². The number of aromatic hydroxyl groups is 1. The number of nitrogens with zero attached hydrogens (tertiary/aromatic N) is 1. The maximum Gasteiger partial charge on any atom is 0.290 e. The number of benzene rings is 1. The van der Waals surface area contributed by atoms with Gasteiger partial charge in [0.15, 0.2) is 12.4 Å². The van der Waals surface area contributed by atoms with Crippen LogP contribution in [0, 0.1) is 0 Å². The average molecular weight is 229 g/mol. The predicted octanol–water partition coefficient (Wildman–Crippen LogP) is 1.32. The van der Waals surface area contributed by atoms with Crippen LogP contribution in [0.2, 0.25) is 0 Å². The van der Waals surface area contributed by atoms with E-state index in [-0.39, 0.29) is 18.2 Å². The first-order chi connectivity index (χ1) is 8.25. The molecule has 2 N–H and O–H groups in total. The number of pyridine rings is 1. The molecule has 1 heterocycles. The Morgan fingerprint density at radius 2 is 1.82 bits per heavy atom. The lowest BCUT2D eigenvalue weighted by atomic mass is 10.3. The summed E-state index contributed by atoms with van der Waals surface area (Å²) in [5.74, 6) is -0.110. The topological polar surface area (TPSA) is 53.2 Å². The van der Waals surface area contributed by atoms with Crippen LogP contribution in [0.25, 0.3) is 0 Å². The Balaban J connectivity index is 2.01. The van der Waals surface area contributed by atoms with Crippen molar-refractivity contribution in [2.45, 2.75) is 6.54 Å². The highest BCUT2D eigenvalue weighted by atomic mass is 16.3. The van der Waals surface area contributed by atoms with Gasteiger partial charge in [0.1, 0.15) is 5.75 Å². The van der Waals surface area contributed by atoms with Crippen molar-refractivity contribution in [2.24, 2.45) is 0 Å². The molecule has 0 saturated heterocycles. The number of anilines is 1. The first kappa shape index (κ1) is 11.1. The SMILES string of the molecule is O=C(C[n+]1ccccc1)Nc1ccccc1O. The highest BCUT2D eigenvalue weighted by Gasteiger charge is 2.10. The second-order valence-corrected chi connectivity index (χ2v) is 3.61. The lowest BCUT2D eigenvalue weighted by molar-refractivity contribution is -0.684. The van der Waals surface area contributed by atoms with E-state index in [1.54, 1.807) is 22.8 Å². The van der Waals surface area contributed by atoms with Crippen LogP contribution in [0.15, 0.2) is 54.9 Å². The number of para-hydroxylation sites is 2. The van der Waals surface area contributed by atoms with Gasteiger partial charge in [0.05, 0.1) is 5.69 Å². The molecule has 0 bridgehead atoms. The Bertz CT molecular complexity index is 512. The van der Waals surface area contributed by atoms with Crippen LogP contribution in [-0.4, -0.2) is 11.0 Å². The van der Waals surface area contributed by atoms with Gasteiger partial charge in [-0.2, -0.15) is 4.57 Å². The largest absolute Gasteiger partial charge is 0.506 e. The Kier molecular flexibility index (Phi) is 3.35. The molecule has 1 aromatic carbocycles. The molecule has 0 spiro atoms. The van der Waals surface area contributed by atoms with Gasteiger partial charge in [0.2, 0.25) is 6.54 Å². The highest BCUT2D eigenvalue weighted by molar-refractivity contribution is 5.91. The van der Waals surface area contributed by atoms with E-state index in [0.717, 1.165) is 0 Å². The Hall–Kier alpha value is -2.36. The number of rotatable bonds is 3. The second-order valence-electron chi connectivity index (χ2n) is 3.61. The lowest BCUT2D eigenvalue weighted by Crippen LogP contribution is -2.39. The molecule has 0 aliphatic heterocycles. The van der Waals surface area contributed by atoms with Crippen molar-refractivity contribution in [1.29, 1.82) is 0 Å². The molecule has 0 atom stereocenters. The summed E-state index contributed by atoms with van der Waals surface area (Å²) in [5.41, 5.74) is 0.425. The molecule has 0 aliphatic carbocycles. The van der Waals surface area contributed by atoms with Gasteiger partial charge in [-0.1, -0.05) is 18.2 Å². The van der Waals surface area contributed by atoms with Gasteiger partial charge in [0, 0.05) is 12.1 Å². The summed E-state index contributed by atoms with van der Waals surface area (Å²) in [4.78, 5) is 11.7. The highest BCUT2D eigenvalue weighted by Crippen LogP contribution is 2.20. The minimum Gasteiger partial charge on any atom is -0.506 e. The van der Waals surface area contributed by atoms with Gasteiger partial charge in [-0.25, -0.2) is 0 Å². The van der Waals surface area contributed by atoms with Gasteiger partial charge >= 0.3 is 0 Å². The van der Waals surface area contributed by atoms with Crippen molar-refractivity contribution < 1.29 is 14.5 Å². The summed E-state index contributed by atoms with van der Waals surface area (Å²) in [7, 11) is 0. The minimum absolute atomic E-state index is 0.0684. The Morgan fingerprint density at radius 3 is 2.53 bits per heavy atom. The van der Waals surface area contributed by atoms with Crippen molar-refractivity contribution in [1.82, 2.24) is 0 Å². The van der Waals surface area contributed by atoms with Crippen LogP contribution in [0.1, 0.15) is 0 Å². The standard InChI is InChI=1S/C13H12N2O2/c16-12-7-3-2-6-11(12)14-13(17)10-15-8-4-1-5-9-15/h1-9H,10H2,(H-,14,16,17)/p+1. The average Bonchev–Trinajstić information content (AvgIpc) is 2.33. The monoisotopic (exact) mass is 229 g/mol. The van der Waals surface area contributed by atoms with Crippen molar-refractivity contribution in [3.63, 3.8) is 0 Å². The van der Waals surface area contributed by atoms with E-state index >= 15 is 0 Å². The van der Waals surface area contributed by atoms with Gasteiger partial charge in [-0.15, -0.1) is 0 Å². The fourth-order valence-corrected chi connectivity index (χ4v) is 1.47. The first-order valence-electron chi connectivity index (χ1n) is 5.27. The van der Waals surface area contributed by atoms with Crippen LogP contribution in [-0.2, 0) is 11.3 Å². The molecule has 2 rings (SSSR count). The van der Waals surface area contributed by atoms with Crippen molar-refractivity contribution in [3.05, 3.63) is 54.9 Å². The Labute approximate surface area is 99.2 Å². The van der Waals surface area contributed by atoms with Crippen molar-refractivity contribution in [3.8, 4) is 5.75 Å². The first-order valence-corrected chi connectivity index (χ1v) is 5.27. The number of nitrogens with one attached hydrogen (secondary N) is 1. The molecule has 1 aromatic heterocycles. The molecule has 0 unspecified atom stereocenters. The maximum absolute atomic E-state index is 11.7. The van der Waals surface area contributed by atoms with Crippen LogP contribution < -0.4 is 9.88 Å². The molecule has 4 heteroatoms. The summed E-state index contributed by atoms with van der Waals surface area (Å²) in [6.07, 6.45) is 3.62. The minimum atomic E-state index is -0.178. The normalized spacial score (nSPS) is 9.88. The van der Waals surface area contributed by atoms with Crippen LogP contribution in [0.3, 0.4) is 0 Å². The van der Waals surface area contributed by atoms with Crippen molar-refractivity contribution >= 4 is 11.6 Å². The van der Waals surface area contributed by atoms with Crippen LogP contribution in [0.4, 0.5) is 5.69 Å². The number of amides is 1. The molecule has 4 nitrogen and oxygen atoms in total. The molecular weight excluding hydrogens is 216 g/mol. The molecular formula is C13H13N2O2+. The predicted molar refractivity (Wildman–Crippen MR) is 63.4 cm³/mol. The molecule has 1 amide bonds. The van der Waals surface area contributed by atoms with E-state index in [1.807, 2.05) is 30.6 Å². The van der Waals surface area contributed by atoms with E-state index in [9.17, 15) is 9.90 Å². The van der Waals surface area contributed by atoms with Gasteiger partial charge < -0.3 is 10.4 Å². The Morgan fingerprint density at radius 1 is 1.12 bits per heavy atom. The zero-order valence-electron chi connectivity index (χ0n) is 9.21. The van der Waals surface area contributed by atoms with Gasteiger partial charge in [0.25, 0.3) is 5.91 Å². The zero-order valence-corrected chi connectivity index (χ0v) is 9.21. The number of carbonyl (C=O) groups is 1. The number of hydrogen-bond donors (Lipinski definition) is 2. The summed E-state index contributed by atoms with van der Waals surface area (Å²) >= 11 is 0. The molecule has 86 valence electrons. The zero-order chi connectivity index (χ0) is 12.1. The molecule has 17 heavy (non-hydrogen) atoms. The molecule has 0 aliphatic rings. The number of carbonyl (C=O) groups excluding carboxylic acids is 1.